The zero-order valence-electron chi connectivity index (χ0n) is 16.2. The standard InChI is InChI=1S/C20H31N3O3/c1-14(2)18(22-19(24)17-8-6-5-7-15(17)3)20(25)21-13-16(4)23-9-11-26-12-10-23/h5-8,14,16,18H,9-13H2,1-4H3,(H,21,25)(H,22,24). The van der Waals surface area contributed by atoms with Crippen molar-refractivity contribution < 1.29 is 14.3 Å². The highest BCUT2D eigenvalue weighted by Gasteiger charge is 2.26. The van der Waals surface area contributed by atoms with E-state index in [1.54, 1.807) is 6.07 Å². The van der Waals surface area contributed by atoms with Crippen LogP contribution in [0.2, 0.25) is 0 Å². The van der Waals surface area contributed by atoms with Gasteiger partial charge in [0.2, 0.25) is 5.91 Å². The second-order valence-electron chi connectivity index (χ2n) is 7.25. The Morgan fingerprint density at radius 2 is 1.81 bits per heavy atom. The number of aryl methyl sites for hydroxylation is 1. The summed E-state index contributed by atoms with van der Waals surface area (Å²) in [4.78, 5) is 27.5. The second-order valence-corrected chi connectivity index (χ2v) is 7.25. The summed E-state index contributed by atoms with van der Waals surface area (Å²) in [6.07, 6.45) is 0. The van der Waals surface area contributed by atoms with Crippen molar-refractivity contribution in [1.82, 2.24) is 15.5 Å². The van der Waals surface area contributed by atoms with Crippen molar-refractivity contribution in [2.75, 3.05) is 32.8 Å². The van der Waals surface area contributed by atoms with Gasteiger partial charge in [-0.3, -0.25) is 14.5 Å². The molecule has 0 aliphatic carbocycles. The van der Waals surface area contributed by atoms with Crippen LogP contribution in [-0.4, -0.2) is 61.6 Å². The van der Waals surface area contributed by atoms with Crippen molar-refractivity contribution in [2.45, 2.75) is 39.8 Å². The summed E-state index contributed by atoms with van der Waals surface area (Å²) in [6.45, 7) is 11.7. The summed E-state index contributed by atoms with van der Waals surface area (Å²) in [6, 6.07) is 7.08. The number of morpholine rings is 1. The number of carbonyl (C=O) groups is 2. The number of carbonyl (C=O) groups excluding carboxylic acids is 2. The third-order valence-electron chi connectivity index (χ3n) is 4.87. The molecule has 6 heteroatoms. The fourth-order valence-corrected chi connectivity index (χ4v) is 3.09. The zero-order valence-corrected chi connectivity index (χ0v) is 16.2. The van der Waals surface area contributed by atoms with Crippen LogP contribution in [0.4, 0.5) is 0 Å². The highest BCUT2D eigenvalue weighted by Crippen LogP contribution is 2.10. The third kappa shape index (κ3) is 5.54. The van der Waals surface area contributed by atoms with E-state index in [2.05, 4.69) is 22.5 Å². The van der Waals surface area contributed by atoms with E-state index >= 15 is 0 Å². The van der Waals surface area contributed by atoms with Gasteiger partial charge in [0.05, 0.1) is 13.2 Å². The van der Waals surface area contributed by atoms with Crippen LogP contribution in [0.5, 0.6) is 0 Å². The van der Waals surface area contributed by atoms with Crippen LogP contribution in [0.25, 0.3) is 0 Å². The van der Waals surface area contributed by atoms with E-state index in [0.717, 1.165) is 31.9 Å². The van der Waals surface area contributed by atoms with Gasteiger partial charge in [-0.1, -0.05) is 32.0 Å². The number of hydrogen-bond donors (Lipinski definition) is 2. The van der Waals surface area contributed by atoms with E-state index in [1.165, 1.54) is 0 Å². The minimum absolute atomic E-state index is 0.00154. The fourth-order valence-electron chi connectivity index (χ4n) is 3.09. The highest BCUT2D eigenvalue weighted by molar-refractivity contribution is 5.98. The first-order valence-corrected chi connectivity index (χ1v) is 9.36. The molecule has 144 valence electrons. The molecule has 26 heavy (non-hydrogen) atoms. The summed E-state index contributed by atoms with van der Waals surface area (Å²) in [5, 5.41) is 5.89. The van der Waals surface area contributed by atoms with Gasteiger partial charge in [0.15, 0.2) is 0 Å². The maximum Gasteiger partial charge on any atom is 0.252 e. The molecule has 1 fully saturated rings. The largest absolute Gasteiger partial charge is 0.379 e. The highest BCUT2D eigenvalue weighted by atomic mass is 16.5. The Labute approximate surface area is 156 Å². The monoisotopic (exact) mass is 361 g/mol. The number of ether oxygens (including phenoxy) is 1. The smallest absolute Gasteiger partial charge is 0.252 e. The van der Waals surface area contributed by atoms with Gasteiger partial charge in [0.1, 0.15) is 6.04 Å². The van der Waals surface area contributed by atoms with Gasteiger partial charge in [0, 0.05) is 31.2 Å². The lowest BCUT2D eigenvalue weighted by Crippen LogP contribution is -2.53. The molecule has 1 saturated heterocycles. The van der Waals surface area contributed by atoms with Crippen LogP contribution in [0.15, 0.2) is 24.3 Å². The normalized spacial score (nSPS) is 17.6. The number of hydrogen-bond acceptors (Lipinski definition) is 4. The first kappa shape index (κ1) is 20.4. The van der Waals surface area contributed by atoms with Crippen LogP contribution in [-0.2, 0) is 9.53 Å². The minimum Gasteiger partial charge on any atom is -0.379 e. The third-order valence-corrected chi connectivity index (χ3v) is 4.87. The van der Waals surface area contributed by atoms with Crippen molar-refractivity contribution >= 4 is 11.8 Å². The first-order chi connectivity index (χ1) is 12.4. The molecular formula is C20H31N3O3. The van der Waals surface area contributed by atoms with Gasteiger partial charge in [-0.05, 0) is 31.4 Å². The van der Waals surface area contributed by atoms with Crippen LogP contribution in [0.1, 0.15) is 36.7 Å². The van der Waals surface area contributed by atoms with Gasteiger partial charge in [-0.25, -0.2) is 0 Å². The molecule has 2 rings (SSSR count). The molecule has 1 heterocycles. The van der Waals surface area contributed by atoms with E-state index < -0.39 is 6.04 Å². The van der Waals surface area contributed by atoms with E-state index in [1.807, 2.05) is 39.0 Å². The van der Waals surface area contributed by atoms with Gasteiger partial charge in [-0.2, -0.15) is 0 Å². The number of amides is 2. The lowest BCUT2D eigenvalue weighted by atomic mass is 10.0. The molecule has 1 aromatic rings. The summed E-state index contributed by atoms with van der Waals surface area (Å²) in [5.74, 6) is -0.345. The maximum absolute atomic E-state index is 12.7. The second kappa shape index (κ2) is 9.69. The zero-order chi connectivity index (χ0) is 19.1. The Bertz CT molecular complexity index is 612. The molecule has 1 aromatic carbocycles. The van der Waals surface area contributed by atoms with Crippen molar-refractivity contribution in [3.63, 3.8) is 0 Å². The molecule has 2 N–H and O–H groups in total. The maximum atomic E-state index is 12.7. The van der Waals surface area contributed by atoms with Gasteiger partial charge >= 0.3 is 0 Å². The van der Waals surface area contributed by atoms with Crippen molar-refractivity contribution in [3.8, 4) is 0 Å². The molecule has 0 saturated carbocycles. The lowest BCUT2D eigenvalue weighted by molar-refractivity contribution is -0.124. The average Bonchev–Trinajstić information content (AvgIpc) is 2.64. The van der Waals surface area contributed by atoms with Crippen LogP contribution < -0.4 is 10.6 Å². The molecule has 0 radical (unpaired) electrons. The Balaban J connectivity index is 1.92. The topological polar surface area (TPSA) is 70.7 Å². The quantitative estimate of drug-likeness (QED) is 0.774. The van der Waals surface area contributed by atoms with Gasteiger partial charge in [0.25, 0.3) is 5.91 Å². The summed E-state index contributed by atoms with van der Waals surface area (Å²) in [7, 11) is 0. The number of nitrogens with zero attached hydrogens (tertiary/aromatic N) is 1. The summed E-state index contributed by atoms with van der Waals surface area (Å²) < 4.78 is 5.36. The van der Waals surface area contributed by atoms with Crippen molar-refractivity contribution in [2.24, 2.45) is 5.92 Å². The molecule has 0 bridgehead atoms. The molecule has 0 aromatic heterocycles. The molecule has 2 atom stereocenters. The minimum atomic E-state index is -0.556. The predicted molar refractivity (Wildman–Crippen MR) is 102 cm³/mol. The lowest BCUT2D eigenvalue weighted by Gasteiger charge is -2.32. The molecule has 2 unspecified atom stereocenters. The van der Waals surface area contributed by atoms with E-state index in [9.17, 15) is 9.59 Å². The van der Waals surface area contributed by atoms with E-state index in [0.29, 0.717) is 12.1 Å². The fraction of sp³-hybridized carbons (Fsp3) is 0.600. The van der Waals surface area contributed by atoms with Gasteiger partial charge < -0.3 is 15.4 Å². The Kier molecular flexibility index (Phi) is 7.60. The van der Waals surface area contributed by atoms with Crippen LogP contribution >= 0.6 is 0 Å². The summed E-state index contributed by atoms with van der Waals surface area (Å²) in [5.41, 5.74) is 1.50. The first-order valence-electron chi connectivity index (χ1n) is 9.36. The molecule has 1 aliphatic heterocycles. The van der Waals surface area contributed by atoms with Crippen LogP contribution in [0, 0.1) is 12.8 Å². The summed E-state index contributed by atoms with van der Waals surface area (Å²) >= 11 is 0. The van der Waals surface area contributed by atoms with E-state index in [-0.39, 0.29) is 23.8 Å². The van der Waals surface area contributed by atoms with Gasteiger partial charge in [-0.15, -0.1) is 0 Å². The number of nitrogens with one attached hydrogen (secondary N) is 2. The number of rotatable bonds is 7. The van der Waals surface area contributed by atoms with E-state index in [4.69, 9.17) is 4.74 Å². The molecule has 6 nitrogen and oxygen atoms in total. The molecular weight excluding hydrogens is 330 g/mol. The predicted octanol–water partition coefficient (Wildman–Crippen LogP) is 1.59. The van der Waals surface area contributed by atoms with Crippen LogP contribution in [0.3, 0.4) is 0 Å². The average molecular weight is 361 g/mol. The van der Waals surface area contributed by atoms with Crippen molar-refractivity contribution in [1.29, 1.82) is 0 Å². The SMILES string of the molecule is Cc1ccccc1C(=O)NC(C(=O)NCC(C)N1CCOCC1)C(C)C. The Morgan fingerprint density at radius 1 is 1.15 bits per heavy atom. The molecule has 0 spiro atoms. The Morgan fingerprint density at radius 3 is 2.42 bits per heavy atom. The van der Waals surface area contributed by atoms with Crippen molar-refractivity contribution in [3.05, 3.63) is 35.4 Å². The molecule has 1 aliphatic rings. The number of benzene rings is 1. The Hall–Kier alpha value is -1.92. The molecule has 2 amide bonds.